The molecule has 1 amide bonds. The Morgan fingerprint density at radius 2 is 1.64 bits per heavy atom. The van der Waals surface area contributed by atoms with Crippen LogP contribution in [0.4, 0.5) is 0 Å². The highest BCUT2D eigenvalue weighted by molar-refractivity contribution is 5.94. The Hall–Kier alpha value is -2.68. The molecule has 0 radical (unpaired) electrons. The predicted octanol–water partition coefficient (Wildman–Crippen LogP) is 5.47. The third-order valence-corrected chi connectivity index (χ3v) is 6.90. The SMILES string of the molecule is O=C(NC1CC2(CCC(c3ccnc4ccccc34)CC2)C1)c1ccccc1. The quantitative estimate of drug-likeness (QED) is 0.664. The zero-order chi connectivity index (χ0) is 19.0. The molecular weight excluding hydrogens is 344 g/mol. The van der Waals surface area contributed by atoms with Crippen LogP contribution in [0.1, 0.15) is 60.4 Å². The summed E-state index contributed by atoms with van der Waals surface area (Å²) in [6.45, 7) is 0. The van der Waals surface area contributed by atoms with Crippen molar-refractivity contribution in [1.29, 1.82) is 0 Å². The summed E-state index contributed by atoms with van der Waals surface area (Å²) in [6.07, 6.45) is 9.25. The number of aromatic nitrogens is 1. The minimum atomic E-state index is 0.0670. The summed E-state index contributed by atoms with van der Waals surface area (Å²) in [7, 11) is 0. The number of rotatable bonds is 3. The minimum Gasteiger partial charge on any atom is -0.349 e. The van der Waals surface area contributed by atoms with E-state index in [9.17, 15) is 4.79 Å². The van der Waals surface area contributed by atoms with Crippen LogP contribution in [-0.4, -0.2) is 16.9 Å². The molecule has 5 rings (SSSR count). The average molecular weight is 370 g/mol. The van der Waals surface area contributed by atoms with Gasteiger partial charge in [-0.15, -0.1) is 0 Å². The van der Waals surface area contributed by atoms with Crippen molar-refractivity contribution < 1.29 is 4.79 Å². The smallest absolute Gasteiger partial charge is 0.251 e. The van der Waals surface area contributed by atoms with Gasteiger partial charge in [0.2, 0.25) is 0 Å². The number of para-hydroxylation sites is 1. The van der Waals surface area contributed by atoms with Gasteiger partial charge in [0.1, 0.15) is 0 Å². The first-order valence-electron chi connectivity index (χ1n) is 10.4. The predicted molar refractivity (Wildman–Crippen MR) is 112 cm³/mol. The zero-order valence-corrected chi connectivity index (χ0v) is 16.1. The van der Waals surface area contributed by atoms with Crippen molar-refractivity contribution in [2.75, 3.05) is 0 Å². The van der Waals surface area contributed by atoms with E-state index in [-0.39, 0.29) is 5.91 Å². The summed E-state index contributed by atoms with van der Waals surface area (Å²) >= 11 is 0. The van der Waals surface area contributed by atoms with E-state index in [2.05, 4.69) is 40.6 Å². The van der Waals surface area contributed by atoms with Crippen molar-refractivity contribution >= 4 is 16.8 Å². The average Bonchev–Trinajstić information content (AvgIpc) is 2.73. The Morgan fingerprint density at radius 3 is 2.43 bits per heavy atom. The number of nitrogens with one attached hydrogen (secondary N) is 1. The lowest BCUT2D eigenvalue weighted by atomic mass is 9.56. The van der Waals surface area contributed by atoms with E-state index in [1.54, 1.807) is 0 Å². The Kier molecular flexibility index (Phi) is 4.38. The van der Waals surface area contributed by atoms with E-state index in [4.69, 9.17) is 0 Å². The maximum absolute atomic E-state index is 12.4. The third-order valence-electron chi connectivity index (χ3n) is 6.90. The van der Waals surface area contributed by atoms with Gasteiger partial charge in [0.15, 0.2) is 0 Å². The van der Waals surface area contributed by atoms with Gasteiger partial charge in [-0.05, 0) is 79.7 Å². The molecule has 2 aliphatic rings. The molecule has 2 aliphatic carbocycles. The molecule has 2 aromatic carbocycles. The van der Waals surface area contributed by atoms with Crippen LogP contribution < -0.4 is 5.32 Å². The number of carbonyl (C=O) groups excluding carboxylic acids is 1. The second kappa shape index (κ2) is 7.05. The van der Waals surface area contributed by atoms with Crippen LogP contribution in [0.2, 0.25) is 0 Å². The molecule has 142 valence electrons. The van der Waals surface area contributed by atoms with E-state index in [1.807, 2.05) is 36.5 Å². The normalized spacial score (nSPS) is 26.7. The Morgan fingerprint density at radius 1 is 0.929 bits per heavy atom. The van der Waals surface area contributed by atoms with E-state index in [0.717, 1.165) is 23.9 Å². The molecule has 0 bridgehead atoms. The van der Waals surface area contributed by atoms with Gasteiger partial charge >= 0.3 is 0 Å². The number of amides is 1. The first-order chi connectivity index (χ1) is 13.7. The minimum absolute atomic E-state index is 0.0670. The third kappa shape index (κ3) is 3.19. The standard InChI is InChI=1S/C25H26N2O/c28-24(19-6-2-1-3-7-19)27-20-16-25(17-20)13-10-18(11-14-25)21-12-15-26-23-9-5-4-8-22(21)23/h1-9,12,15,18,20H,10-11,13-14,16-17H2,(H,27,28). The van der Waals surface area contributed by atoms with Crippen LogP contribution in [-0.2, 0) is 0 Å². The zero-order valence-electron chi connectivity index (χ0n) is 16.1. The molecular formula is C25H26N2O. The van der Waals surface area contributed by atoms with Crippen LogP contribution >= 0.6 is 0 Å². The summed E-state index contributed by atoms with van der Waals surface area (Å²) in [6, 6.07) is 20.6. The number of fused-ring (bicyclic) bond motifs is 1. The molecule has 0 unspecified atom stereocenters. The van der Waals surface area contributed by atoms with E-state index in [1.165, 1.54) is 36.6 Å². The lowest BCUT2D eigenvalue weighted by Gasteiger charge is -2.52. The number of carbonyl (C=O) groups is 1. The second-order valence-corrected chi connectivity index (χ2v) is 8.64. The Labute approximate surface area is 166 Å². The summed E-state index contributed by atoms with van der Waals surface area (Å²) in [4.78, 5) is 16.9. The molecule has 3 heteroatoms. The topological polar surface area (TPSA) is 42.0 Å². The molecule has 1 spiro atoms. The fraction of sp³-hybridized carbons (Fsp3) is 0.360. The van der Waals surface area contributed by atoms with Gasteiger partial charge in [-0.2, -0.15) is 0 Å². The fourth-order valence-corrected chi connectivity index (χ4v) is 5.37. The van der Waals surface area contributed by atoms with Crippen LogP contribution in [0.25, 0.3) is 10.9 Å². The molecule has 1 aromatic heterocycles. The molecule has 2 fully saturated rings. The molecule has 3 nitrogen and oxygen atoms in total. The van der Waals surface area contributed by atoms with Gasteiger partial charge < -0.3 is 5.32 Å². The van der Waals surface area contributed by atoms with Gasteiger partial charge in [0.25, 0.3) is 5.91 Å². The van der Waals surface area contributed by atoms with Crippen LogP contribution in [0, 0.1) is 5.41 Å². The number of nitrogens with zero attached hydrogens (tertiary/aromatic N) is 1. The number of hydrogen-bond donors (Lipinski definition) is 1. The highest BCUT2D eigenvalue weighted by atomic mass is 16.1. The number of benzene rings is 2. The van der Waals surface area contributed by atoms with Gasteiger partial charge in [0, 0.05) is 23.2 Å². The van der Waals surface area contributed by atoms with E-state index >= 15 is 0 Å². The molecule has 3 aromatic rings. The fourth-order valence-electron chi connectivity index (χ4n) is 5.37. The summed E-state index contributed by atoms with van der Waals surface area (Å²) < 4.78 is 0. The number of pyridine rings is 1. The van der Waals surface area contributed by atoms with Gasteiger partial charge in [-0.3, -0.25) is 9.78 Å². The lowest BCUT2D eigenvalue weighted by Crippen LogP contribution is -2.51. The molecule has 0 atom stereocenters. The summed E-state index contributed by atoms with van der Waals surface area (Å²) in [5.74, 6) is 0.703. The van der Waals surface area contributed by atoms with Crippen LogP contribution in [0.3, 0.4) is 0 Å². The molecule has 1 heterocycles. The maximum atomic E-state index is 12.4. The van der Waals surface area contributed by atoms with Crippen LogP contribution in [0.5, 0.6) is 0 Å². The van der Waals surface area contributed by atoms with Crippen molar-refractivity contribution in [3.8, 4) is 0 Å². The Bertz CT molecular complexity index is 976. The van der Waals surface area contributed by atoms with Crippen molar-refractivity contribution in [2.45, 2.75) is 50.5 Å². The highest BCUT2D eigenvalue weighted by Gasteiger charge is 2.46. The highest BCUT2D eigenvalue weighted by Crippen LogP contribution is 2.54. The van der Waals surface area contributed by atoms with Crippen molar-refractivity contribution in [3.63, 3.8) is 0 Å². The largest absolute Gasteiger partial charge is 0.349 e. The molecule has 0 aliphatic heterocycles. The second-order valence-electron chi connectivity index (χ2n) is 8.64. The van der Waals surface area contributed by atoms with Gasteiger partial charge in [0.05, 0.1) is 5.52 Å². The van der Waals surface area contributed by atoms with Crippen molar-refractivity contribution in [1.82, 2.24) is 10.3 Å². The molecule has 2 saturated carbocycles. The van der Waals surface area contributed by atoms with Crippen LogP contribution in [0.15, 0.2) is 66.9 Å². The van der Waals surface area contributed by atoms with Gasteiger partial charge in [-0.25, -0.2) is 0 Å². The van der Waals surface area contributed by atoms with Crippen molar-refractivity contribution in [2.24, 2.45) is 5.41 Å². The van der Waals surface area contributed by atoms with E-state index in [0.29, 0.717) is 17.4 Å². The Balaban J connectivity index is 1.20. The summed E-state index contributed by atoms with van der Waals surface area (Å²) in [5.41, 5.74) is 3.78. The van der Waals surface area contributed by atoms with Crippen molar-refractivity contribution in [3.05, 3.63) is 78.0 Å². The van der Waals surface area contributed by atoms with Gasteiger partial charge in [-0.1, -0.05) is 36.4 Å². The lowest BCUT2D eigenvalue weighted by molar-refractivity contribution is 0.0312. The first-order valence-corrected chi connectivity index (χ1v) is 10.4. The molecule has 0 saturated heterocycles. The van der Waals surface area contributed by atoms with E-state index < -0.39 is 0 Å². The molecule has 1 N–H and O–H groups in total. The maximum Gasteiger partial charge on any atom is 0.251 e. The first kappa shape index (κ1) is 17.4. The molecule has 28 heavy (non-hydrogen) atoms. The number of hydrogen-bond acceptors (Lipinski definition) is 2. The summed E-state index contributed by atoms with van der Waals surface area (Å²) in [5, 5.41) is 4.54. The monoisotopic (exact) mass is 370 g/mol.